The number of amides is 1. The van der Waals surface area contributed by atoms with Crippen molar-refractivity contribution in [1.82, 2.24) is 24.4 Å². The molecule has 3 N–H and O–H groups in total. The van der Waals surface area contributed by atoms with Gasteiger partial charge in [-0.05, 0) is 28.1 Å². The maximum Gasteiger partial charge on any atom is 0.307 e. The van der Waals surface area contributed by atoms with Crippen molar-refractivity contribution in [3.63, 3.8) is 0 Å². The summed E-state index contributed by atoms with van der Waals surface area (Å²) in [5, 5.41) is 13.0. The number of hydrogen-bond acceptors (Lipinski definition) is 6. The number of benzene rings is 1. The van der Waals surface area contributed by atoms with Crippen molar-refractivity contribution >= 4 is 50.5 Å². The van der Waals surface area contributed by atoms with E-state index in [1.165, 1.54) is 4.90 Å². The number of hydrogen-bond donors (Lipinski definition) is 3. The second-order valence-electron chi connectivity index (χ2n) is 7.48. The number of halogens is 1. The maximum atomic E-state index is 13.3. The topological polar surface area (TPSA) is 128 Å². The molecule has 4 rings (SSSR count). The summed E-state index contributed by atoms with van der Waals surface area (Å²) in [6, 6.07) is 3.74. The Kier molecular flexibility index (Phi) is 5.77. The minimum absolute atomic E-state index is 0.216. The molecule has 0 spiro atoms. The molecule has 0 bridgehead atoms. The second-order valence-corrected chi connectivity index (χ2v) is 8.27. The number of aryl methyl sites for hydroxylation is 1. The van der Waals surface area contributed by atoms with E-state index in [9.17, 15) is 14.7 Å². The van der Waals surface area contributed by atoms with Crippen LogP contribution in [0.4, 0.5) is 5.69 Å². The Balaban J connectivity index is 1.52. The molecule has 3 heterocycles. The highest BCUT2D eigenvalue weighted by atomic mass is 79.9. The number of anilines is 1. The van der Waals surface area contributed by atoms with Gasteiger partial charge in [-0.25, -0.2) is 9.97 Å². The molecule has 3 aromatic rings. The molecular formula is C20H22BrN7O3. The Morgan fingerprint density at radius 2 is 2.19 bits per heavy atom. The highest BCUT2D eigenvalue weighted by Gasteiger charge is 2.36. The van der Waals surface area contributed by atoms with Crippen LogP contribution in [0.25, 0.3) is 11.0 Å². The van der Waals surface area contributed by atoms with Crippen molar-refractivity contribution in [2.75, 3.05) is 18.4 Å². The maximum absolute atomic E-state index is 13.3. The van der Waals surface area contributed by atoms with E-state index in [1.807, 2.05) is 12.1 Å². The van der Waals surface area contributed by atoms with Crippen molar-refractivity contribution in [2.24, 2.45) is 23.9 Å². The minimum atomic E-state index is -1.01. The zero-order valence-corrected chi connectivity index (χ0v) is 18.6. The Morgan fingerprint density at radius 3 is 2.90 bits per heavy atom. The van der Waals surface area contributed by atoms with Gasteiger partial charge in [0.15, 0.2) is 0 Å². The van der Waals surface area contributed by atoms with Gasteiger partial charge in [-0.2, -0.15) is 0 Å². The molecule has 2 unspecified atom stereocenters. The van der Waals surface area contributed by atoms with Crippen LogP contribution in [-0.2, 0) is 23.1 Å². The van der Waals surface area contributed by atoms with E-state index in [2.05, 4.69) is 41.2 Å². The minimum Gasteiger partial charge on any atom is -0.481 e. The third kappa shape index (κ3) is 4.05. The van der Waals surface area contributed by atoms with Crippen LogP contribution in [0.1, 0.15) is 12.6 Å². The summed E-state index contributed by atoms with van der Waals surface area (Å²) < 4.78 is 2.51. The number of fused-ring (bicyclic) bond motifs is 1. The van der Waals surface area contributed by atoms with Gasteiger partial charge in [-0.15, -0.1) is 0 Å². The number of carboxylic acid groups (broad SMARTS) is 1. The summed E-state index contributed by atoms with van der Waals surface area (Å²) in [5.41, 5.74) is 3.12. The number of carbonyl (C=O) groups excluding carboxylic acids is 1. The molecule has 0 saturated carbocycles. The Hall–Kier alpha value is -3.21. The molecule has 0 saturated heterocycles. The molecule has 0 fully saturated rings. The molecule has 1 aliphatic rings. The summed E-state index contributed by atoms with van der Waals surface area (Å²) in [4.78, 5) is 42.5. The molecule has 1 aliphatic heterocycles. The fourth-order valence-corrected chi connectivity index (χ4v) is 4.21. The van der Waals surface area contributed by atoms with Crippen LogP contribution >= 0.6 is 15.9 Å². The smallest absolute Gasteiger partial charge is 0.307 e. The zero-order chi connectivity index (χ0) is 22.1. The van der Waals surface area contributed by atoms with Gasteiger partial charge in [0.05, 0.1) is 40.8 Å². The van der Waals surface area contributed by atoms with Gasteiger partial charge in [0.25, 0.3) is 0 Å². The summed E-state index contributed by atoms with van der Waals surface area (Å²) >= 11 is 3.55. The highest BCUT2D eigenvalue weighted by Crippen LogP contribution is 2.30. The van der Waals surface area contributed by atoms with Crippen LogP contribution in [0.3, 0.4) is 0 Å². The number of guanidine groups is 1. The number of H-pyrrole nitrogens is 1. The van der Waals surface area contributed by atoms with E-state index in [-0.39, 0.29) is 12.3 Å². The van der Waals surface area contributed by atoms with E-state index >= 15 is 0 Å². The lowest BCUT2D eigenvalue weighted by Crippen LogP contribution is -2.44. The van der Waals surface area contributed by atoms with Crippen LogP contribution in [0.5, 0.6) is 0 Å². The number of aromatic amines is 1. The molecule has 31 heavy (non-hydrogen) atoms. The summed E-state index contributed by atoms with van der Waals surface area (Å²) in [6.45, 7) is 2.49. The van der Waals surface area contributed by atoms with Crippen LogP contribution in [0.2, 0.25) is 0 Å². The third-order valence-corrected chi connectivity index (χ3v) is 6.34. The molecule has 10 nitrogen and oxygen atoms in total. The molecular weight excluding hydrogens is 466 g/mol. The van der Waals surface area contributed by atoms with Gasteiger partial charge in [0.2, 0.25) is 11.9 Å². The Morgan fingerprint density at radius 1 is 1.39 bits per heavy atom. The number of aromatic nitrogens is 4. The predicted molar refractivity (Wildman–Crippen MR) is 119 cm³/mol. The lowest BCUT2D eigenvalue weighted by Gasteiger charge is -2.26. The van der Waals surface area contributed by atoms with Gasteiger partial charge in [-0.3, -0.25) is 19.5 Å². The number of rotatable bonds is 6. The first kappa shape index (κ1) is 21.0. The number of aliphatic carboxylic acids is 1. The number of nitrogens with one attached hydrogen (secondary N) is 2. The van der Waals surface area contributed by atoms with Gasteiger partial charge in [0.1, 0.15) is 5.52 Å². The third-order valence-electron chi connectivity index (χ3n) is 5.54. The molecule has 11 heteroatoms. The van der Waals surface area contributed by atoms with Crippen molar-refractivity contribution in [3.05, 3.63) is 41.2 Å². The van der Waals surface area contributed by atoms with E-state index in [0.29, 0.717) is 19.0 Å². The van der Waals surface area contributed by atoms with Gasteiger partial charge in [-0.1, -0.05) is 6.92 Å². The number of carboxylic acids is 1. The van der Waals surface area contributed by atoms with Crippen molar-refractivity contribution < 1.29 is 14.7 Å². The first-order valence-corrected chi connectivity index (χ1v) is 10.6. The highest BCUT2D eigenvalue weighted by molar-refractivity contribution is 9.10. The lowest BCUT2D eigenvalue weighted by atomic mass is 9.88. The van der Waals surface area contributed by atoms with E-state index in [0.717, 1.165) is 26.9 Å². The number of imidazole rings is 2. The summed E-state index contributed by atoms with van der Waals surface area (Å²) in [6.07, 6.45) is 5.07. The molecule has 162 valence electrons. The molecule has 2 atom stereocenters. The average molecular weight is 488 g/mol. The first-order valence-electron chi connectivity index (χ1n) is 9.79. The first-order chi connectivity index (χ1) is 14.9. The lowest BCUT2D eigenvalue weighted by molar-refractivity contribution is -0.148. The fraction of sp³-hybridized carbons (Fsp3) is 0.350. The van der Waals surface area contributed by atoms with Crippen LogP contribution in [0, 0.1) is 11.8 Å². The number of nitrogens with zero attached hydrogens (tertiary/aromatic N) is 5. The standard InChI is InChI=1S/C20H22BrN7O3/c1-11(13(19(30)31)7-12-8-22-10-27(12)2)18(29)28-6-5-23-20(28)26-14-3-4-15-17(16(14)21)25-9-24-15/h3-4,8-11,13H,5-7H2,1-2H3,(H,23,26)(H,24,25)(H,30,31). The monoisotopic (exact) mass is 487 g/mol. The summed E-state index contributed by atoms with van der Waals surface area (Å²) in [7, 11) is 1.80. The van der Waals surface area contributed by atoms with Crippen LogP contribution in [-0.4, -0.2) is 60.5 Å². The largest absolute Gasteiger partial charge is 0.481 e. The Labute approximate surface area is 186 Å². The zero-order valence-electron chi connectivity index (χ0n) is 17.0. The predicted octanol–water partition coefficient (Wildman–Crippen LogP) is 2.25. The molecule has 0 radical (unpaired) electrons. The van der Waals surface area contributed by atoms with Gasteiger partial charge in [0, 0.05) is 37.8 Å². The van der Waals surface area contributed by atoms with Gasteiger partial charge >= 0.3 is 5.97 Å². The quantitative estimate of drug-likeness (QED) is 0.488. The van der Waals surface area contributed by atoms with Crippen LogP contribution in [0.15, 0.2) is 40.4 Å². The molecule has 1 aromatic carbocycles. The second kappa shape index (κ2) is 8.50. The van der Waals surface area contributed by atoms with E-state index in [4.69, 9.17) is 0 Å². The SMILES string of the molecule is CC(C(=O)N1CCN=C1Nc1ccc2[nH]cnc2c1Br)C(Cc1cncn1C)C(=O)O. The van der Waals surface area contributed by atoms with Crippen LogP contribution < -0.4 is 5.32 Å². The van der Waals surface area contributed by atoms with E-state index < -0.39 is 17.8 Å². The summed E-state index contributed by atoms with van der Waals surface area (Å²) in [5.74, 6) is -2.52. The molecule has 0 aliphatic carbocycles. The van der Waals surface area contributed by atoms with Crippen molar-refractivity contribution in [3.8, 4) is 0 Å². The van der Waals surface area contributed by atoms with Crippen molar-refractivity contribution in [1.29, 1.82) is 0 Å². The number of aliphatic imine (C=N–C) groups is 1. The van der Waals surface area contributed by atoms with E-state index in [1.54, 1.807) is 37.4 Å². The molecule has 1 amide bonds. The fourth-order valence-electron chi connectivity index (χ4n) is 3.66. The van der Waals surface area contributed by atoms with Gasteiger partial charge < -0.3 is 20.0 Å². The number of carbonyl (C=O) groups is 2. The molecule has 2 aromatic heterocycles. The van der Waals surface area contributed by atoms with Crippen molar-refractivity contribution in [2.45, 2.75) is 13.3 Å². The normalized spacial score (nSPS) is 15.7. The average Bonchev–Trinajstić information content (AvgIpc) is 3.48. The Bertz CT molecular complexity index is 1170.